The van der Waals surface area contributed by atoms with Gasteiger partial charge in [0, 0.05) is 31.7 Å². The molecule has 0 amide bonds. The van der Waals surface area contributed by atoms with Gasteiger partial charge < -0.3 is 20.3 Å². The van der Waals surface area contributed by atoms with Crippen LogP contribution in [0, 0.1) is 0 Å². The highest BCUT2D eigenvalue weighted by atomic mass is 127. The summed E-state index contributed by atoms with van der Waals surface area (Å²) in [5.41, 5.74) is 1.15. The molecule has 1 aromatic rings. The highest BCUT2D eigenvalue weighted by Crippen LogP contribution is 2.19. The number of hydrogen-bond acceptors (Lipinski definition) is 3. The van der Waals surface area contributed by atoms with Gasteiger partial charge in [0.05, 0.1) is 0 Å². The van der Waals surface area contributed by atoms with Crippen LogP contribution in [0.4, 0.5) is 0 Å². The fraction of sp³-hybridized carbons (Fsp3) is 0.611. The normalized spacial score (nSPS) is 15.2. The Bertz CT molecular complexity index is 502. The third kappa shape index (κ3) is 7.25. The van der Waals surface area contributed by atoms with E-state index >= 15 is 0 Å². The van der Waals surface area contributed by atoms with Crippen LogP contribution in [0.5, 0.6) is 5.75 Å². The van der Waals surface area contributed by atoms with Crippen LogP contribution in [0.15, 0.2) is 29.3 Å². The molecule has 1 aromatic carbocycles. The van der Waals surface area contributed by atoms with E-state index in [1.165, 1.54) is 25.7 Å². The number of nitrogens with one attached hydrogen (secondary N) is 2. The third-order valence-electron chi connectivity index (χ3n) is 4.13. The van der Waals surface area contributed by atoms with Crippen molar-refractivity contribution in [3.05, 3.63) is 29.8 Å². The summed E-state index contributed by atoms with van der Waals surface area (Å²) < 4.78 is 5.91. The molecule has 136 valence electrons. The van der Waals surface area contributed by atoms with Crippen molar-refractivity contribution in [1.82, 2.24) is 15.5 Å². The van der Waals surface area contributed by atoms with Crippen LogP contribution in [-0.2, 0) is 6.54 Å². The predicted octanol–water partition coefficient (Wildman–Crippen LogP) is 2.85. The average molecular weight is 446 g/mol. The van der Waals surface area contributed by atoms with Gasteiger partial charge in [-0.05, 0) is 33.0 Å². The van der Waals surface area contributed by atoms with Crippen LogP contribution in [-0.4, -0.2) is 51.2 Å². The fourth-order valence-corrected chi connectivity index (χ4v) is 2.77. The summed E-state index contributed by atoms with van der Waals surface area (Å²) in [6.07, 6.45) is 5.12. The molecule has 1 aliphatic carbocycles. The van der Waals surface area contributed by atoms with Gasteiger partial charge in [0.15, 0.2) is 5.96 Å². The van der Waals surface area contributed by atoms with E-state index < -0.39 is 0 Å². The van der Waals surface area contributed by atoms with Gasteiger partial charge in [0.2, 0.25) is 0 Å². The number of likely N-dealkylation sites (N-methyl/N-ethyl adjacent to an activating group) is 1. The molecule has 0 bridgehead atoms. The first-order valence-corrected chi connectivity index (χ1v) is 8.51. The molecule has 1 aliphatic rings. The zero-order chi connectivity index (χ0) is 16.5. The van der Waals surface area contributed by atoms with Crippen molar-refractivity contribution in [2.24, 2.45) is 4.99 Å². The first-order chi connectivity index (χ1) is 11.2. The molecule has 0 spiro atoms. The molecular formula is C18H31IN4O. The molecule has 0 radical (unpaired) electrons. The molecule has 2 N–H and O–H groups in total. The lowest BCUT2D eigenvalue weighted by Gasteiger charge is -2.18. The Morgan fingerprint density at radius 3 is 2.62 bits per heavy atom. The fourth-order valence-electron chi connectivity index (χ4n) is 2.77. The van der Waals surface area contributed by atoms with Crippen LogP contribution >= 0.6 is 24.0 Å². The van der Waals surface area contributed by atoms with Gasteiger partial charge in [-0.15, -0.1) is 24.0 Å². The van der Waals surface area contributed by atoms with E-state index in [0.29, 0.717) is 19.2 Å². The van der Waals surface area contributed by atoms with Crippen LogP contribution < -0.4 is 15.4 Å². The van der Waals surface area contributed by atoms with E-state index in [9.17, 15) is 0 Å². The van der Waals surface area contributed by atoms with Gasteiger partial charge in [-0.2, -0.15) is 0 Å². The van der Waals surface area contributed by atoms with Crippen molar-refractivity contribution >= 4 is 29.9 Å². The van der Waals surface area contributed by atoms with Gasteiger partial charge >= 0.3 is 0 Å². The Balaban J connectivity index is 0.00000288. The monoisotopic (exact) mass is 446 g/mol. The number of nitrogens with zero attached hydrogens (tertiary/aromatic N) is 2. The maximum absolute atomic E-state index is 5.91. The van der Waals surface area contributed by atoms with E-state index in [1.54, 1.807) is 0 Å². The lowest BCUT2D eigenvalue weighted by Crippen LogP contribution is -2.42. The largest absolute Gasteiger partial charge is 0.492 e. The molecule has 0 aliphatic heterocycles. The van der Waals surface area contributed by atoms with E-state index in [1.807, 2.05) is 25.2 Å². The number of halogens is 1. The summed E-state index contributed by atoms with van der Waals surface area (Å²) >= 11 is 0. The Morgan fingerprint density at radius 2 is 1.96 bits per heavy atom. The maximum Gasteiger partial charge on any atom is 0.191 e. The molecule has 1 fully saturated rings. The first-order valence-electron chi connectivity index (χ1n) is 8.51. The lowest BCUT2D eigenvalue weighted by molar-refractivity contribution is 0.259. The average Bonchev–Trinajstić information content (AvgIpc) is 3.05. The number of aliphatic imine (C=N–C) groups is 1. The van der Waals surface area contributed by atoms with Crippen molar-refractivity contribution < 1.29 is 4.74 Å². The summed E-state index contributed by atoms with van der Waals surface area (Å²) in [6, 6.07) is 8.75. The molecule has 0 atom stereocenters. The maximum atomic E-state index is 5.91. The van der Waals surface area contributed by atoms with Crippen molar-refractivity contribution in [2.45, 2.75) is 38.3 Å². The second-order valence-corrected chi connectivity index (χ2v) is 6.31. The summed E-state index contributed by atoms with van der Waals surface area (Å²) in [4.78, 5) is 6.45. The van der Waals surface area contributed by atoms with Crippen LogP contribution in [0.25, 0.3) is 0 Å². The molecule has 2 rings (SSSR count). The van der Waals surface area contributed by atoms with Gasteiger partial charge in [-0.3, -0.25) is 4.99 Å². The molecule has 24 heavy (non-hydrogen) atoms. The summed E-state index contributed by atoms with van der Waals surface area (Å²) in [7, 11) is 5.93. The number of rotatable bonds is 7. The van der Waals surface area contributed by atoms with Crippen LogP contribution in [0.2, 0.25) is 0 Å². The Labute approximate surface area is 163 Å². The Hall–Kier alpha value is -1.02. The van der Waals surface area contributed by atoms with Crippen molar-refractivity contribution in [3.8, 4) is 5.75 Å². The minimum Gasteiger partial charge on any atom is -0.492 e. The van der Waals surface area contributed by atoms with Crippen LogP contribution in [0.1, 0.15) is 31.2 Å². The number of ether oxygens (including phenoxy) is 1. The quantitative estimate of drug-likeness (QED) is 0.384. The molecule has 1 saturated carbocycles. The van der Waals surface area contributed by atoms with E-state index in [-0.39, 0.29) is 24.0 Å². The van der Waals surface area contributed by atoms with Gasteiger partial charge in [0.1, 0.15) is 12.4 Å². The number of guanidine groups is 1. The van der Waals surface area contributed by atoms with Gasteiger partial charge in [-0.25, -0.2) is 0 Å². The zero-order valence-corrected chi connectivity index (χ0v) is 17.4. The molecule has 6 heteroatoms. The second kappa shape index (κ2) is 11.5. The zero-order valence-electron chi connectivity index (χ0n) is 15.0. The third-order valence-corrected chi connectivity index (χ3v) is 4.13. The highest BCUT2D eigenvalue weighted by molar-refractivity contribution is 14.0. The van der Waals surface area contributed by atoms with Gasteiger partial charge in [0.25, 0.3) is 0 Å². The minimum absolute atomic E-state index is 0. The number of benzene rings is 1. The van der Waals surface area contributed by atoms with Crippen LogP contribution in [0.3, 0.4) is 0 Å². The van der Waals surface area contributed by atoms with E-state index in [0.717, 1.165) is 23.8 Å². The molecular weight excluding hydrogens is 415 g/mol. The molecule has 0 saturated heterocycles. The molecule has 0 unspecified atom stereocenters. The number of para-hydroxylation sites is 1. The predicted molar refractivity (Wildman–Crippen MR) is 111 cm³/mol. The molecule has 5 nitrogen and oxygen atoms in total. The summed E-state index contributed by atoms with van der Waals surface area (Å²) in [6.45, 7) is 2.32. The molecule has 0 aromatic heterocycles. The Kier molecular flexibility index (Phi) is 10.1. The SMILES string of the molecule is CN=C(NCc1ccccc1OCCN(C)C)NC1CCCC1.I. The minimum atomic E-state index is 0. The van der Waals surface area contributed by atoms with Gasteiger partial charge in [-0.1, -0.05) is 31.0 Å². The number of hydrogen-bond donors (Lipinski definition) is 2. The van der Waals surface area contributed by atoms with Crippen molar-refractivity contribution in [3.63, 3.8) is 0 Å². The lowest BCUT2D eigenvalue weighted by atomic mass is 10.2. The smallest absolute Gasteiger partial charge is 0.191 e. The first kappa shape index (κ1) is 21.0. The summed E-state index contributed by atoms with van der Waals surface area (Å²) in [5.74, 6) is 1.82. The standard InChI is InChI=1S/C18H30N4O.HI/c1-19-18(21-16-9-5-6-10-16)20-14-15-8-4-7-11-17(15)23-13-12-22(2)3;/h4,7-8,11,16H,5-6,9-10,12-14H2,1-3H3,(H2,19,20,21);1H. The van der Waals surface area contributed by atoms with Crippen molar-refractivity contribution in [2.75, 3.05) is 34.3 Å². The summed E-state index contributed by atoms with van der Waals surface area (Å²) in [5, 5.41) is 6.91. The highest BCUT2D eigenvalue weighted by Gasteiger charge is 2.16. The Morgan fingerprint density at radius 1 is 1.25 bits per heavy atom. The van der Waals surface area contributed by atoms with E-state index in [4.69, 9.17) is 4.74 Å². The molecule has 0 heterocycles. The van der Waals surface area contributed by atoms with E-state index in [2.05, 4.69) is 40.7 Å². The second-order valence-electron chi connectivity index (χ2n) is 6.31. The topological polar surface area (TPSA) is 48.9 Å². The van der Waals surface area contributed by atoms with Crippen molar-refractivity contribution in [1.29, 1.82) is 0 Å².